The molecule has 2 N–H and O–H groups in total. The van der Waals surface area contributed by atoms with Gasteiger partial charge in [0.2, 0.25) is 5.91 Å². The zero-order valence-corrected chi connectivity index (χ0v) is 15.6. The van der Waals surface area contributed by atoms with Gasteiger partial charge in [-0.3, -0.25) is 9.59 Å². The van der Waals surface area contributed by atoms with Gasteiger partial charge in [0, 0.05) is 12.5 Å². The first-order valence-corrected chi connectivity index (χ1v) is 8.60. The van der Waals surface area contributed by atoms with Gasteiger partial charge in [0.1, 0.15) is 5.76 Å². The fourth-order valence-corrected chi connectivity index (χ4v) is 2.71. The van der Waals surface area contributed by atoms with Crippen molar-refractivity contribution in [3.05, 3.63) is 71.5 Å². The molecule has 3 aromatic rings. The van der Waals surface area contributed by atoms with Crippen LogP contribution in [0.25, 0.3) is 11.3 Å². The SMILES string of the molecule is CC(=O)Nc1ccc(C)cc1NC(=O)c1ccc(-c2cccc(C(F)(F)F)c2)o1. The van der Waals surface area contributed by atoms with Crippen LogP contribution in [0.15, 0.2) is 59.0 Å². The molecule has 0 aliphatic rings. The summed E-state index contributed by atoms with van der Waals surface area (Å²) in [7, 11) is 0. The summed E-state index contributed by atoms with van der Waals surface area (Å²) in [4.78, 5) is 23.9. The summed E-state index contributed by atoms with van der Waals surface area (Å²) >= 11 is 0. The van der Waals surface area contributed by atoms with Gasteiger partial charge in [0.25, 0.3) is 5.91 Å². The molecule has 0 atom stereocenters. The first-order chi connectivity index (χ1) is 13.6. The van der Waals surface area contributed by atoms with Crippen LogP contribution in [0.1, 0.15) is 28.6 Å². The molecule has 0 radical (unpaired) electrons. The highest BCUT2D eigenvalue weighted by Crippen LogP contribution is 2.33. The van der Waals surface area contributed by atoms with Gasteiger partial charge in [0.15, 0.2) is 5.76 Å². The number of hydrogen-bond donors (Lipinski definition) is 2. The van der Waals surface area contributed by atoms with Crippen molar-refractivity contribution >= 4 is 23.2 Å². The van der Waals surface area contributed by atoms with E-state index in [2.05, 4.69) is 10.6 Å². The first-order valence-electron chi connectivity index (χ1n) is 8.60. The Kier molecular flexibility index (Phi) is 5.45. The number of furan rings is 1. The van der Waals surface area contributed by atoms with E-state index in [1.54, 1.807) is 18.2 Å². The summed E-state index contributed by atoms with van der Waals surface area (Å²) in [6.07, 6.45) is -4.48. The van der Waals surface area contributed by atoms with E-state index in [-0.39, 0.29) is 23.0 Å². The smallest absolute Gasteiger partial charge is 0.416 e. The predicted molar refractivity (Wildman–Crippen MR) is 103 cm³/mol. The van der Waals surface area contributed by atoms with Crippen molar-refractivity contribution in [1.82, 2.24) is 0 Å². The minimum Gasteiger partial charge on any atom is -0.451 e. The van der Waals surface area contributed by atoms with E-state index >= 15 is 0 Å². The second kappa shape index (κ2) is 7.83. The predicted octanol–water partition coefficient (Wildman–Crippen LogP) is 5.48. The number of rotatable bonds is 4. The molecule has 0 saturated heterocycles. The van der Waals surface area contributed by atoms with Crippen molar-refractivity contribution in [2.75, 3.05) is 10.6 Å². The van der Waals surface area contributed by atoms with Crippen molar-refractivity contribution in [2.24, 2.45) is 0 Å². The molecule has 29 heavy (non-hydrogen) atoms. The van der Waals surface area contributed by atoms with E-state index in [0.29, 0.717) is 11.4 Å². The molecule has 1 heterocycles. The highest BCUT2D eigenvalue weighted by Gasteiger charge is 2.30. The van der Waals surface area contributed by atoms with Gasteiger partial charge in [-0.2, -0.15) is 13.2 Å². The Balaban J connectivity index is 1.84. The van der Waals surface area contributed by atoms with Gasteiger partial charge in [0.05, 0.1) is 16.9 Å². The molecule has 0 aliphatic carbocycles. The maximum absolute atomic E-state index is 12.9. The molecule has 0 spiro atoms. The van der Waals surface area contributed by atoms with Crippen molar-refractivity contribution in [3.8, 4) is 11.3 Å². The third-order valence-electron chi connectivity index (χ3n) is 4.04. The van der Waals surface area contributed by atoms with Gasteiger partial charge in [-0.25, -0.2) is 0 Å². The molecule has 3 rings (SSSR count). The number of anilines is 2. The van der Waals surface area contributed by atoms with Crippen LogP contribution in [-0.4, -0.2) is 11.8 Å². The molecule has 0 fully saturated rings. The average Bonchev–Trinajstić information content (AvgIpc) is 3.13. The van der Waals surface area contributed by atoms with Crippen LogP contribution in [0.4, 0.5) is 24.5 Å². The van der Waals surface area contributed by atoms with E-state index in [1.807, 2.05) is 6.92 Å². The number of nitrogens with one attached hydrogen (secondary N) is 2. The number of halogens is 3. The van der Waals surface area contributed by atoms with Gasteiger partial charge in [-0.15, -0.1) is 0 Å². The Bertz CT molecular complexity index is 1070. The fourth-order valence-electron chi connectivity index (χ4n) is 2.71. The Morgan fingerprint density at radius 3 is 2.38 bits per heavy atom. The molecule has 2 aromatic carbocycles. The van der Waals surface area contributed by atoms with E-state index in [9.17, 15) is 22.8 Å². The summed E-state index contributed by atoms with van der Waals surface area (Å²) in [5, 5.41) is 5.26. The lowest BCUT2D eigenvalue weighted by Crippen LogP contribution is -2.14. The first kappa shape index (κ1) is 20.2. The van der Waals surface area contributed by atoms with E-state index in [0.717, 1.165) is 17.7 Å². The molecule has 2 amide bonds. The topological polar surface area (TPSA) is 71.3 Å². The normalized spacial score (nSPS) is 11.2. The van der Waals surface area contributed by atoms with Gasteiger partial charge >= 0.3 is 6.18 Å². The number of hydrogen-bond acceptors (Lipinski definition) is 3. The van der Waals surface area contributed by atoms with E-state index in [4.69, 9.17) is 4.42 Å². The highest BCUT2D eigenvalue weighted by atomic mass is 19.4. The molecular formula is C21H17F3N2O3. The lowest BCUT2D eigenvalue weighted by Gasteiger charge is -2.11. The van der Waals surface area contributed by atoms with Crippen LogP contribution < -0.4 is 10.6 Å². The largest absolute Gasteiger partial charge is 0.451 e. The van der Waals surface area contributed by atoms with Crippen LogP contribution in [0.2, 0.25) is 0 Å². The van der Waals surface area contributed by atoms with Gasteiger partial charge in [-0.05, 0) is 48.9 Å². The van der Waals surface area contributed by atoms with Gasteiger partial charge in [-0.1, -0.05) is 18.2 Å². The molecule has 1 aromatic heterocycles. The third kappa shape index (κ3) is 4.84. The van der Waals surface area contributed by atoms with Crippen LogP contribution in [-0.2, 0) is 11.0 Å². The zero-order valence-electron chi connectivity index (χ0n) is 15.6. The number of carbonyl (C=O) groups excluding carboxylic acids is 2. The third-order valence-corrected chi connectivity index (χ3v) is 4.04. The molecule has 0 aliphatic heterocycles. The number of carbonyl (C=O) groups is 2. The lowest BCUT2D eigenvalue weighted by molar-refractivity contribution is -0.137. The molecular weight excluding hydrogens is 385 g/mol. The molecule has 8 heteroatoms. The fraction of sp³-hybridized carbons (Fsp3) is 0.143. The number of alkyl halides is 3. The zero-order chi connectivity index (χ0) is 21.2. The number of benzene rings is 2. The standard InChI is InChI=1S/C21H17F3N2O3/c1-12-6-7-16(25-13(2)27)17(10-12)26-20(28)19-9-8-18(29-19)14-4-3-5-15(11-14)21(22,23)24/h3-11H,1-2H3,(H,25,27)(H,26,28). The Morgan fingerprint density at radius 2 is 1.69 bits per heavy atom. The van der Waals surface area contributed by atoms with Crippen LogP contribution in [0, 0.1) is 6.92 Å². The highest BCUT2D eigenvalue weighted by molar-refractivity contribution is 6.06. The average molecular weight is 402 g/mol. The molecule has 0 saturated carbocycles. The summed E-state index contributed by atoms with van der Waals surface area (Å²) in [6.45, 7) is 3.17. The van der Waals surface area contributed by atoms with Crippen molar-refractivity contribution in [2.45, 2.75) is 20.0 Å². The molecule has 150 valence electrons. The summed E-state index contributed by atoms with van der Waals surface area (Å²) in [5.41, 5.74) is 1.05. The number of aryl methyl sites for hydroxylation is 1. The van der Waals surface area contributed by atoms with Crippen LogP contribution >= 0.6 is 0 Å². The summed E-state index contributed by atoms with van der Waals surface area (Å²) in [6, 6.07) is 12.6. The second-order valence-corrected chi connectivity index (χ2v) is 6.43. The number of amides is 2. The quantitative estimate of drug-likeness (QED) is 0.607. The van der Waals surface area contributed by atoms with E-state index < -0.39 is 17.6 Å². The Labute approximate surface area is 164 Å². The van der Waals surface area contributed by atoms with Crippen molar-refractivity contribution < 1.29 is 27.2 Å². The molecule has 0 bridgehead atoms. The van der Waals surface area contributed by atoms with E-state index in [1.165, 1.54) is 31.2 Å². The monoisotopic (exact) mass is 402 g/mol. The van der Waals surface area contributed by atoms with Gasteiger partial charge < -0.3 is 15.1 Å². The summed E-state index contributed by atoms with van der Waals surface area (Å²) < 4.78 is 44.1. The molecule has 5 nitrogen and oxygen atoms in total. The summed E-state index contributed by atoms with van der Waals surface area (Å²) in [5.74, 6) is -0.838. The van der Waals surface area contributed by atoms with Crippen molar-refractivity contribution in [1.29, 1.82) is 0 Å². The maximum Gasteiger partial charge on any atom is 0.416 e. The Morgan fingerprint density at radius 1 is 0.931 bits per heavy atom. The minimum absolute atomic E-state index is 0.0762. The second-order valence-electron chi connectivity index (χ2n) is 6.43. The molecule has 0 unspecified atom stereocenters. The van der Waals surface area contributed by atoms with Crippen molar-refractivity contribution in [3.63, 3.8) is 0 Å². The lowest BCUT2D eigenvalue weighted by atomic mass is 10.1. The van der Waals surface area contributed by atoms with Crippen LogP contribution in [0.3, 0.4) is 0 Å². The minimum atomic E-state index is -4.48. The Hall–Kier alpha value is -3.55. The maximum atomic E-state index is 12.9. The van der Waals surface area contributed by atoms with Crippen LogP contribution in [0.5, 0.6) is 0 Å².